The molecule has 0 aromatic heterocycles. The molecule has 0 atom stereocenters. The number of amides is 1. The molecule has 0 aliphatic heterocycles. The standard InChI is InChI=1S/C15H18FNO2/c1-4-15(5-2,6-3)17-14(18)11-19-13-9-7-12(16)8-10-13/h1,7-10H,5-6,11H2,2-3H3,(H,17,18). The van der Waals surface area contributed by atoms with Gasteiger partial charge in [-0.25, -0.2) is 4.39 Å². The summed E-state index contributed by atoms with van der Waals surface area (Å²) in [6.07, 6.45) is 6.76. The van der Waals surface area contributed by atoms with Gasteiger partial charge in [0.1, 0.15) is 17.1 Å². The van der Waals surface area contributed by atoms with Crippen LogP contribution in [0.15, 0.2) is 24.3 Å². The van der Waals surface area contributed by atoms with Gasteiger partial charge in [0, 0.05) is 0 Å². The Morgan fingerprint density at radius 1 is 1.37 bits per heavy atom. The third-order valence-corrected chi connectivity index (χ3v) is 3.05. The Morgan fingerprint density at radius 3 is 2.42 bits per heavy atom. The van der Waals surface area contributed by atoms with Gasteiger partial charge < -0.3 is 10.1 Å². The van der Waals surface area contributed by atoms with Crippen LogP contribution in [-0.4, -0.2) is 18.1 Å². The van der Waals surface area contributed by atoms with Crippen molar-refractivity contribution < 1.29 is 13.9 Å². The van der Waals surface area contributed by atoms with E-state index >= 15 is 0 Å². The van der Waals surface area contributed by atoms with Gasteiger partial charge >= 0.3 is 0 Å². The first-order valence-corrected chi connectivity index (χ1v) is 6.22. The highest BCUT2D eigenvalue weighted by Crippen LogP contribution is 2.14. The summed E-state index contributed by atoms with van der Waals surface area (Å²) in [5, 5.41) is 2.79. The Kier molecular flexibility index (Phi) is 5.37. The highest BCUT2D eigenvalue weighted by molar-refractivity contribution is 5.78. The maximum absolute atomic E-state index is 12.7. The average molecular weight is 263 g/mol. The van der Waals surface area contributed by atoms with Crippen LogP contribution in [-0.2, 0) is 4.79 Å². The van der Waals surface area contributed by atoms with Gasteiger partial charge in [0.2, 0.25) is 0 Å². The van der Waals surface area contributed by atoms with Crippen molar-refractivity contribution in [2.24, 2.45) is 0 Å². The zero-order chi connectivity index (χ0) is 14.3. The van der Waals surface area contributed by atoms with Crippen LogP contribution in [0.25, 0.3) is 0 Å². The van der Waals surface area contributed by atoms with E-state index < -0.39 is 5.54 Å². The molecule has 0 saturated heterocycles. The number of ether oxygens (including phenoxy) is 1. The van der Waals surface area contributed by atoms with E-state index in [0.717, 1.165) is 0 Å². The van der Waals surface area contributed by atoms with Crippen molar-refractivity contribution in [2.45, 2.75) is 32.2 Å². The lowest BCUT2D eigenvalue weighted by molar-refractivity contribution is -0.124. The Morgan fingerprint density at radius 2 is 1.95 bits per heavy atom. The maximum Gasteiger partial charge on any atom is 0.259 e. The third-order valence-electron chi connectivity index (χ3n) is 3.05. The van der Waals surface area contributed by atoms with Gasteiger partial charge in [-0.2, -0.15) is 0 Å². The predicted molar refractivity (Wildman–Crippen MR) is 72.2 cm³/mol. The molecule has 0 aliphatic rings. The second-order valence-electron chi connectivity index (χ2n) is 4.22. The summed E-state index contributed by atoms with van der Waals surface area (Å²) in [7, 11) is 0. The SMILES string of the molecule is C#CC(CC)(CC)NC(=O)COc1ccc(F)cc1. The summed E-state index contributed by atoms with van der Waals surface area (Å²) in [4.78, 5) is 11.8. The van der Waals surface area contributed by atoms with E-state index in [2.05, 4.69) is 11.2 Å². The van der Waals surface area contributed by atoms with Crippen LogP contribution in [0.4, 0.5) is 4.39 Å². The zero-order valence-corrected chi connectivity index (χ0v) is 11.2. The lowest BCUT2D eigenvalue weighted by Gasteiger charge is -2.26. The number of benzene rings is 1. The Bertz CT molecular complexity index is 458. The molecule has 0 heterocycles. The second-order valence-corrected chi connectivity index (χ2v) is 4.22. The van der Waals surface area contributed by atoms with E-state index in [4.69, 9.17) is 11.2 Å². The fraction of sp³-hybridized carbons (Fsp3) is 0.400. The van der Waals surface area contributed by atoms with Gasteiger partial charge in [-0.05, 0) is 37.1 Å². The summed E-state index contributed by atoms with van der Waals surface area (Å²) in [5.41, 5.74) is -0.622. The largest absolute Gasteiger partial charge is 0.484 e. The van der Waals surface area contributed by atoms with Gasteiger partial charge in [-0.1, -0.05) is 19.8 Å². The molecule has 0 fully saturated rings. The third kappa shape index (κ3) is 4.29. The van der Waals surface area contributed by atoms with Crippen LogP contribution in [0.1, 0.15) is 26.7 Å². The van der Waals surface area contributed by atoms with Crippen molar-refractivity contribution in [1.82, 2.24) is 5.32 Å². The molecule has 0 radical (unpaired) electrons. The molecule has 1 rings (SSSR count). The summed E-state index contributed by atoms with van der Waals surface area (Å²) in [6, 6.07) is 5.49. The molecule has 1 aromatic carbocycles. The van der Waals surface area contributed by atoms with Crippen molar-refractivity contribution in [3.05, 3.63) is 30.1 Å². The molecule has 3 nitrogen and oxygen atoms in total. The van der Waals surface area contributed by atoms with Crippen molar-refractivity contribution >= 4 is 5.91 Å². The van der Waals surface area contributed by atoms with E-state index in [9.17, 15) is 9.18 Å². The minimum atomic E-state index is -0.622. The molecule has 0 bridgehead atoms. The molecule has 1 N–H and O–H groups in total. The van der Waals surface area contributed by atoms with Gasteiger partial charge in [-0.15, -0.1) is 6.42 Å². The Labute approximate surface area is 113 Å². The second kappa shape index (κ2) is 6.79. The highest BCUT2D eigenvalue weighted by atomic mass is 19.1. The lowest BCUT2D eigenvalue weighted by atomic mass is 9.94. The fourth-order valence-corrected chi connectivity index (χ4v) is 1.65. The molecule has 4 heteroatoms. The first-order chi connectivity index (χ1) is 9.05. The number of carbonyl (C=O) groups excluding carboxylic acids is 1. The number of rotatable bonds is 6. The molecule has 102 valence electrons. The first-order valence-electron chi connectivity index (χ1n) is 6.22. The Balaban J connectivity index is 2.52. The maximum atomic E-state index is 12.7. The van der Waals surface area contributed by atoms with E-state index in [0.29, 0.717) is 18.6 Å². The summed E-state index contributed by atoms with van der Waals surface area (Å²) < 4.78 is 17.9. The minimum absolute atomic E-state index is 0.144. The van der Waals surface area contributed by atoms with Gasteiger partial charge in [-0.3, -0.25) is 4.79 Å². The van der Waals surface area contributed by atoms with Crippen molar-refractivity contribution in [3.8, 4) is 18.1 Å². The minimum Gasteiger partial charge on any atom is -0.484 e. The first kappa shape index (κ1) is 15.0. The molecule has 0 saturated carbocycles. The number of nitrogens with one attached hydrogen (secondary N) is 1. The lowest BCUT2D eigenvalue weighted by Crippen LogP contribution is -2.48. The summed E-state index contributed by atoms with van der Waals surface area (Å²) in [5.74, 6) is 2.42. The van der Waals surface area contributed by atoms with Gasteiger partial charge in [0.25, 0.3) is 5.91 Å². The van der Waals surface area contributed by atoms with Crippen molar-refractivity contribution in [3.63, 3.8) is 0 Å². The molecular formula is C15H18FNO2. The Hall–Kier alpha value is -2.02. The van der Waals surface area contributed by atoms with Crippen LogP contribution in [0.5, 0.6) is 5.75 Å². The predicted octanol–water partition coefficient (Wildman–Crippen LogP) is 2.51. The normalized spacial score (nSPS) is 10.6. The van der Waals surface area contributed by atoms with E-state index in [-0.39, 0.29) is 18.3 Å². The molecule has 1 amide bonds. The number of halogens is 1. The van der Waals surface area contributed by atoms with Gasteiger partial charge in [0.15, 0.2) is 6.61 Å². The summed E-state index contributed by atoms with van der Waals surface area (Å²) >= 11 is 0. The van der Waals surface area contributed by atoms with Crippen LogP contribution in [0, 0.1) is 18.2 Å². The van der Waals surface area contributed by atoms with Crippen LogP contribution < -0.4 is 10.1 Å². The zero-order valence-electron chi connectivity index (χ0n) is 11.2. The van der Waals surface area contributed by atoms with E-state index in [1.807, 2.05) is 13.8 Å². The summed E-state index contributed by atoms with van der Waals surface area (Å²) in [6.45, 7) is 3.70. The van der Waals surface area contributed by atoms with Crippen LogP contribution in [0.3, 0.4) is 0 Å². The highest BCUT2D eigenvalue weighted by Gasteiger charge is 2.25. The quantitative estimate of drug-likeness (QED) is 0.801. The molecule has 0 spiro atoms. The molecular weight excluding hydrogens is 245 g/mol. The van der Waals surface area contributed by atoms with Crippen molar-refractivity contribution in [1.29, 1.82) is 0 Å². The van der Waals surface area contributed by atoms with Crippen LogP contribution >= 0.6 is 0 Å². The molecule has 0 unspecified atom stereocenters. The van der Waals surface area contributed by atoms with Gasteiger partial charge in [0.05, 0.1) is 0 Å². The number of terminal acetylenes is 1. The fourth-order valence-electron chi connectivity index (χ4n) is 1.65. The monoisotopic (exact) mass is 263 g/mol. The number of hydrogen-bond acceptors (Lipinski definition) is 2. The number of carbonyl (C=O) groups is 1. The van der Waals surface area contributed by atoms with Crippen molar-refractivity contribution in [2.75, 3.05) is 6.61 Å². The number of hydrogen-bond donors (Lipinski definition) is 1. The molecule has 19 heavy (non-hydrogen) atoms. The topological polar surface area (TPSA) is 38.3 Å². The van der Waals surface area contributed by atoms with E-state index in [1.165, 1.54) is 24.3 Å². The molecule has 0 aliphatic carbocycles. The smallest absolute Gasteiger partial charge is 0.259 e. The van der Waals surface area contributed by atoms with E-state index in [1.54, 1.807) is 0 Å². The average Bonchev–Trinajstić information content (AvgIpc) is 2.44. The van der Waals surface area contributed by atoms with Crippen LogP contribution in [0.2, 0.25) is 0 Å². The molecule has 1 aromatic rings.